The normalized spacial score (nSPS) is 14.1. The van der Waals surface area contributed by atoms with Gasteiger partial charge in [0.2, 0.25) is 11.8 Å². The van der Waals surface area contributed by atoms with E-state index < -0.39 is 11.7 Å². The molecule has 0 aromatic heterocycles. The molecule has 0 spiro atoms. The van der Waals surface area contributed by atoms with Gasteiger partial charge in [0.25, 0.3) is 0 Å². The zero-order valence-corrected chi connectivity index (χ0v) is 15.2. The number of benzene rings is 2. The molecule has 3 rings (SSSR count). The molecular formula is C20H21F2N3O3. The minimum absolute atomic E-state index is 0.212. The number of carbonyl (C=O) groups excluding carboxylic acids is 2. The van der Waals surface area contributed by atoms with E-state index in [1.807, 2.05) is 4.90 Å². The first-order valence-corrected chi connectivity index (χ1v) is 8.93. The highest BCUT2D eigenvalue weighted by Crippen LogP contribution is 2.20. The van der Waals surface area contributed by atoms with Crippen molar-refractivity contribution in [3.8, 4) is 0 Å². The molecule has 1 fully saturated rings. The summed E-state index contributed by atoms with van der Waals surface area (Å²) >= 11 is 0. The molecule has 0 unspecified atom stereocenters. The van der Waals surface area contributed by atoms with Crippen molar-refractivity contribution in [1.29, 1.82) is 0 Å². The summed E-state index contributed by atoms with van der Waals surface area (Å²) in [5, 5.41) is 2.55. The summed E-state index contributed by atoms with van der Waals surface area (Å²) in [4.78, 5) is 27.5. The fourth-order valence-corrected chi connectivity index (χ4v) is 2.96. The summed E-state index contributed by atoms with van der Waals surface area (Å²) in [7, 11) is 0. The standard InChI is InChI=1S/C20H21F2N3O3/c21-15-5-7-16(8-6-15)23-19(26)13-28-14-20(27)25-11-9-24(10-12-25)18-4-2-1-3-17(18)22/h1-8H,9-14H2,(H,23,26). The first-order valence-electron chi connectivity index (χ1n) is 8.93. The maximum absolute atomic E-state index is 13.8. The SMILES string of the molecule is O=C(COCC(=O)N1CCN(c2ccccc2F)CC1)Nc1ccc(F)cc1. The molecule has 6 nitrogen and oxygen atoms in total. The summed E-state index contributed by atoms with van der Waals surface area (Å²) in [6, 6.07) is 11.9. The zero-order chi connectivity index (χ0) is 19.9. The number of ether oxygens (including phenoxy) is 1. The summed E-state index contributed by atoms with van der Waals surface area (Å²) in [5.74, 6) is -1.32. The quantitative estimate of drug-likeness (QED) is 0.824. The molecule has 0 atom stereocenters. The largest absolute Gasteiger partial charge is 0.366 e. The Balaban J connectivity index is 1.38. The van der Waals surface area contributed by atoms with Crippen LogP contribution in [0.25, 0.3) is 0 Å². The highest BCUT2D eigenvalue weighted by atomic mass is 19.1. The highest BCUT2D eigenvalue weighted by molar-refractivity contribution is 5.91. The number of piperazine rings is 1. The molecule has 2 aromatic rings. The molecule has 1 aliphatic rings. The highest BCUT2D eigenvalue weighted by Gasteiger charge is 2.22. The molecule has 1 saturated heterocycles. The predicted molar refractivity (Wildman–Crippen MR) is 101 cm³/mol. The Morgan fingerprint density at radius 3 is 2.29 bits per heavy atom. The maximum Gasteiger partial charge on any atom is 0.250 e. The fraction of sp³-hybridized carbons (Fsp3) is 0.300. The first kappa shape index (κ1) is 19.8. The second-order valence-electron chi connectivity index (χ2n) is 6.37. The van der Waals surface area contributed by atoms with Crippen LogP contribution in [-0.4, -0.2) is 56.1 Å². The molecule has 2 aromatic carbocycles. The number of hydrogen-bond donors (Lipinski definition) is 1. The van der Waals surface area contributed by atoms with Crippen LogP contribution in [0.3, 0.4) is 0 Å². The molecular weight excluding hydrogens is 368 g/mol. The van der Waals surface area contributed by atoms with Gasteiger partial charge in [-0.2, -0.15) is 0 Å². The van der Waals surface area contributed by atoms with Crippen LogP contribution in [-0.2, 0) is 14.3 Å². The number of nitrogens with one attached hydrogen (secondary N) is 1. The van der Waals surface area contributed by atoms with Gasteiger partial charge >= 0.3 is 0 Å². The van der Waals surface area contributed by atoms with Gasteiger partial charge in [-0.15, -0.1) is 0 Å². The monoisotopic (exact) mass is 389 g/mol. The molecule has 0 bridgehead atoms. The lowest BCUT2D eigenvalue weighted by Crippen LogP contribution is -2.50. The zero-order valence-electron chi connectivity index (χ0n) is 15.2. The maximum atomic E-state index is 13.8. The van der Waals surface area contributed by atoms with Crippen molar-refractivity contribution >= 4 is 23.2 Å². The number of para-hydroxylation sites is 1. The fourth-order valence-electron chi connectivity index (χ4n) is 2.96. The number of halogens is 2. The van der Waals surface area contributed by atoms with Crippen LogP contribution in [0.15, 0.2) is 48.5 Å². The van der Waals surface area contributed by atoms with E-state index in [9.17, 15) is 18.4 Å². The Hall–Kier alpha value is -3.00. The van der Waals surface area contributed by atoms with Gasteiger partial charge in [0.1, 0.15) is 24.8 Å². The molecule has 0 aliphatic carbocycles. The third-order valence-electron chi connectivity index (χ3n) is 4.41. The van der Waals surface area contributed by atoms with Crippen molar-refractivity contribution in [1.82, 2.24) is 4.90 Å². The van der Waals surface area contributed by atoms with Crippen LogP contribution < -0.4 is 10.2 Å². The lowest BCUT2D eigenvalue weighted by atomic mass is 10.2. The second kappa shape index (κ2) is 9.27. The lowest BCUT2D eigenvalue weighted by Gasteiger charge is -2.36. The van der Waals surface area contributed by atoms with Crippen molar-refractivity contribution < 1.29 is 23.1 Å². The van der Waals surface area contributed by atoms with Crippen LogP contribution in [0, 0.1) is 11.6 Å². The van der Waals surface area contributed by atoms with Gasteiger partial charge < -0.3 is 19.9 Å². The summed E-state index contributed by atoms with van der Waals surface area (Å²) in [6.07, 6.45) is 0. The number of hydrogen-bond acceptors (Lipinski definition) is 4. The average Bonchev–Trinajstić information content (AvgIpc) is 2.70. The number of amides is 2. The first-order chi connectivity index (χ1) is 13.5. The van der Waals surface area contributed by atoms with E-state index in [-0.39, 0.29) is 24.9 Å². The van der Waals surface area contributed by atoms with Gasteiger partial charge in [0, 0.05) is 31.9 Å². The van der Waals surface area contributed by atoms with Crippen molar-refractivity contribution in [3.05, 3.63) is 60.2 Å². The van der Waals surface area contributed by atoms with E-state index in [2.05, 4.69) is 5.32 Å². The smallest absolute Gasteiger partial charge is 0.250 e. The number of rotatable bonds is 6. The van der Waals surface area contributed by atoms with Gasteiger partial charge in [0.05, 0.1) is 5.69 Å². The minimum Gasteiger partial charge on any atom is -0.366 e. The molecule has 0 saturated carbocycles. The average molecular weight is 389 g/mol. The second-order valence-corrected chi connectivity index (χ2v) is 6.37. The van der Waals surface area contributed by atoms with Crippen LogP contribution in [0.2, 0.25) is 0 Å². The molecule has 1 heterocycles. The van der Waals surface area contributed by atoms with Crippen molar-refractivity contribution in [2.24, 2.45) is 0 Å². The van der Waals surface area contributed by atoms with Crippen molar-refractivity contribution in [2.45, 2.75) is 0 Å². The van der Waals surface area contributed by atoms with Crippen LogP contribution in [0.1, 0.15) is 0 Å². The topological polar surface area (TPSA) is 61.9 Å². The Morgan fingerprint density at radius 1 is 0.929 bits per heavy atom. The van der Waals surface area contributed by atoms with Gasteiger partial charge in [-0.25, -0.2) is 8.78 Å². The Bertz CT molecular complexity index is 822. The Kier molecular flexibility index (Phi) is 6.54. The van der Waals surface area contributed by atoms with E-state index in [1.54, 1.807) is 23.1 Å². The van der Waals surface area contributed by atoms with Gasteiger partial charge in [0.15, 0.2) is 0 Å². The summed E-state index contributed by atoms with van der Waals surface area (Å²) in [5.41, 5.74) is 0.980. The lowest BCUT2D eigenvalue weighted by molar-refractivity contribution is -0.137. The van der Waals surface area contributed by atoms with Gasteiger partial charge in [-0.3, -0.25) is 9.59 Å². The van der Waals surface area contributed by atoms with Gasteiger partial charge in [-0.05, 0) is 36.4 Å². The third-order valence-corrected chi connectivity index (χ3v) is 4.41. The molecule has 1 aliphatic heterocycles. The molecule has 148 valence electrons. The van der Waals surface area contributed by atoms with E-state index in [4.69, 9.17) is 4.74 Å². The van der Waals surface area contributed by atoms with Crippen LogP contribution >= 0.6 is 0 Å². The molecule has 1 N–H and O–H groups in total. The van der Waals surface area contributed by atoms with Crippen LogP contribution in [0.5, 0.6) is 0 Å². The summed E-state index contributed by atoms with van der Waals surface area (Å²) in [6.45, 7) is 1.47. The molecule has 8 heteroatoms. The van der Waals surface area contributed by atoms with E-state index in [0.717, 1.165) is 0 Å². The summed E-state index contributed by atoms with van der Waals surface area (Å²) < 4.78 is 31.9. The van der Waals surface area contributed by atoms with Crippen LogP contribution in [0.4, 0.5) is 20.2 Å². The number of carbonyl (C=O) groups is 2. The molecule has 0 radical (unpaired) electrons. The minimum atomic E-state index is -0.427. The van der Waals surface area contributed by atoms with E-state index >= 15 is 0 Å². The number of nitrogens with zero attached hydrogens (tertiary/aromatic N) is 2. The van der Waals surface area contributed by atoms with E-state index in [0.29, 0.717) is 37.6 Å². The van der Waals surface area contributed by atoms with Gasteiger partial charge in [-0.1, -0.05) is 12.1 Å². The van der Waals surface area contributed by atoms with E-state index in [1.165, 1.54) is 30.3 Å². The van der Waals surface area contributed by atoms with Crippen molar-refractivity contribution in [2.75, 3.05) is 49.6 Å². The molecule has 2 amide bonds. The third kappa shape index (κ3) is 5.26. The Morgan fingerprint density at radius 2 is 1.61 bits per heavy atom. The Labute approximate surface area is 161 Å². The predicted octanol–water partition coefficient (Wildman–Crippen LogP) is 2.27. The molecule has 28 heavy (non-hydrogen) atoms. The van der Waals surface area contributed by atoms with Crippen molar-refractivity contribution in [3.63, 3.8) is 0 Å². The number of anilines is 2.